The molecule has 6 heteroatoms. The first-order valence-electron chi connectivity index (χ1n) is 8.97. The predicted molar refractivity (Wildman–Crippen MR) is 102 cm³/mol. The first-order valence-corrected chi connectivity index (χ1v) is 10.2. The summed E-state index contributed by atoms with van der Waals surface area (Å²) < 4.78 is 0. The smallest absolute Gasteiger partial charge is 0.254 e. The Morgan fingerprint density at radius 1 is 1.20 bits per heavy atom. The fraction of sp³-hybridized carbons (Fsp3) is 0.579. The fourth-order valence-corrected chi connectivity index (χ4v) is 4.51. The second-order valence-electron chi connectivity index (χ2n) is 7.31. The van der Waals surface area contributed by atoms with Crippen LogP contribution in [0.15, 0.2) is 23.1 Å². The van der Waals surface area contributed by atoms with Gasteiger partial charge in [0.1, 0.15) is 0 Å². The van der Waals surface area contributed by atoms with Gasteiger partial charge in [-0.15, -0.1) is 11.8 Å². The van der Waals surface area contributed by atoms with Crippen molar-refractivity contribution in [2.45, 2.75) is 50.1 Å². The molecule has 0 saturated carbocycles. The van der Waals surface area contributed by atoms with Gasteiger partial charge >= 0.3 is 0 Å². The van der Waals surface area contributed by atoms with Crippen LogP contribution in [0.25, 0.3) is 0 Å². The number of fused-ring (bicyclic) bond motifs is 2. The number of piperidine rings is 1. The van der Waals surface area contributed by atoms with Crippen molar-refractivity contribution in [1.29, 1.82) is 0 Å². The van der Waals surface area contributed by atoms with Gasteiger partial charge in [-0.1, -0.05) is 13.8 Å². The summed E-state index contributed by atoms with van der Waals surface area (Å²) in [6, 6.07) is 5.79. The Balaban J connectivity index is 1.79. The number of amides is 2. The highest BCUT2D eigenvalue weighted by Crippen LogP contribution is 2.31. The second kappa shape index (κ2) is 7.28. The Kier molecular flexibility index (Phi) is 5.27. The molecular formula is C19H27N3O2S. The fourth-order valence-electron chi connectivity index (χ4n) is 3.96. The normalized spacial score (nSPS) is 23.0. The van der Waals surface area contributed by atoms with Crippen LogP contribution < -0.4 is 5.73 Å². The van der Waals surface area contributed by atoms with E-state index in [4.69, 9.17) is 5.73 Å². The topological polar surface area (TPSA) is 66.6 Å². The van der Waals surface area contributed by atoms with E-state index in [0.29, 0.717) is 24.3 Å². The van der Waals surface area contributed by atoms with Crippen molar-refractivity contribution >= 4 is 29.3 Å². The van der Waals surface area contributed by atoms with Crippen molar-refractivity contribution in [2.75, 3.05) is 25.1 Å². The Bertz CT molecular complexity index is 663. The Hall–Kier alpha value is -1.69. The average Bonchev–Trinajstić information content (AvgIpc) is 2.59. The molecule has 2 fully saturated rings. The number of carbonyl (C=O) groups excluding carboxylic acids is 2. The standard InChI is InChI=1S/C19H27N3O2S/c1-12(2)18(23)22-14-5-4-6-15(22)11-21(10-14)19(24)13-7-8-16(20)17(9-13)25-3/h7-9,12,14-15H,4-6,10-11,20H2,1-3H3. The minimum Gasteiger partial charge on any atom is -0.398 e. The highest BCUT2D eigenvalue weighted by atomic mass is 32.2. The molecule has 5 nitrogen and oxygen atoms in total. The number of anilines is 1. The van der Waals surface area contributed by atoms with Crippen molar-refractivity contribution in [1.82, 2.24) is 9.80 Å². The summed E-state index contributed by atoms with van der Waals surface area (Å²) in [6.45, 7) is 5.17. The van der Waals surface area contributed by atoms with E-state index in [9.17, 15) is 9.59 Å². The zero-order valence-electron chi connectivity index (χ0n) is 15.2. The number of nitrogens with two attached hydrogens (primary N) is 1. The minimum atomic E-state index is 0.00610. The summed E-state index contributed by atoms with van der Waals surface area (Å²) in [6.07, 6.45) is 5.06. The molecular weight excluding hydrogens is 334 g/mol. The molecule has 2 amide bonds. The molecule has 0 radical (unpaired) electrons. The van der Waals surface area contributed by atoms with Gasteiger partial charge in [0.25, 0.3) is 5.91 Å². The van der Waals surface area contributed by atoms with E-state index in [-0.39, 0.29) is 29.8 Å². The third kappa shape index (κ3) is 3.50. The molecule has 2 unspecified atom stereocenters. The number of nitrogen functional groups attached to an aromatic ring is 1. The molecule has 2 saturated heterocycles. The van der Waals surface area contributed by atoms with Crippen molar-refractivity contribution in [3.05, 3.63) is 23.8 Å². The van der Waals surface area contributed by atoms with Crippen molar-refractivity contribution in [3.63, 3.8) is 0 Å². The number of nitrogens with zero attached hydrogens (tertiary/aromatic N) is 2. The maximum atomic E-state index is 13.0. The molecule has 1 aromatic rings. The lowest BCUT2D eigenvalue weighted by Crippen LogP contribution is -2.64. The van der Waals surface area contributed by atoms with Gasteiger partial charge in [0.05, 0.1) is 0 Å². The summed E-state index contributed by atoms with van der Waals surface area (Å²) in [5.74, 6) is 0.273. The van der Waals surface area contributed by atoms with Crippen LogP contribution in [0.2, 0.25) is 0 Å². The van der Waals surface area contributed by atoms with Gasteiger partial charge in [-0.25, -0.2) is 0 Å². The van der Waals surface area contributed by atoms with Crippen molar-refractivity contribution in [2.24, 2.45) is 5.92 Å². The lowest BCUT2D eigenvalue weighted by atomic mass is 9.89. The highest BCUT2D eigenvalue weighted by molar-refractivity contribution is 7.98. The third-order valence-electron chi connectivity index (χ3n) is 5.24. The summed E-state index contributed by atoms with van der Waals surface area (Å²) in [4.78, 5) is 30.5. The zero-order chi connectivity index (χ0) is 18.1. The summed E-state index contributed by atoms with van der Waals surface area (Å²) in [7, 11) is 0. The molecule has 2 aliphatic heterocycles. The molecule has 2 atom stereocenters. The van der Waals surface area contributed by atoms with Gasteiger partial charge in [-0.3, -0.25) is 9.59 Å². The van der Waals surface area contributed by atoms with Crippen LogP contribution in [0.3, 0.4) is 0 Å². The maximum absolute atomic E-state index is 13.0. The van der Waals surface area contributed by atoms with E-state index in [1.54, 1.807) is 23.9 Å². The molecule has 25 heavy (non-hydrogen) atoms. The maximum Gasteiger partial charge on any atom is 0.254 e. The molecule has 2 heterocycles. The number of piperazine rings is 1. The van der Waals surface area contributed by atoms with Gasteiger partial charge in [-0.05, 0) is 43.7 Å². The van der Waals surface area contributed by atoms with Crippen LogP contribution in [0, 0.1) is 5.92 Å². The van der Waals surface area contributed by atoms with Crippen LogP contribution in [0.1, 0.15) is 43.5 Å². The van der Waals surface area contributed by atoms with E-state index in [1.807, 2.05) is 31.1 Å². The van der Waals surface area contributed by atoms with E-state index >= 15 is 0 Å². The van der Waals surface area contributed by atoms with Crippen LogP contribution in [0.4, 0.5) is 5.69 Å². The number of benzene rings is 1. The molecule has 2 N–H and O–H groups in total. The number of rotatable bonds is 3. The lowest BCUT2D eigenvalue weighted by Gasteiger charge is -2.50. The number of hydrogen-bond donors (Lipinski definition) is 1. The summed E-state index contributed by atoms with van der Waals surface area (Å²) in [5.41, 5.74) is 7.33. The molecule has 1 aromatic carbocycles. The van der Waals surface area contributed by atoms with Gasteiger partial charge < -0.3 is 15.5 Å². The van der Waals surface area contributed by atoms with E-state index in [1.165, 1.54) is 0 Å². The molecule has 2 aliphatic rings. The quantitative estimate of drug-likeness (QED) is 0.664. The molecule has 0 aromatic heterocycles. The molecule has 2 bridgehead atoms. The Morgan fingerprint density at radius 2 is 1.84 bits per heavy atom. The van der Waals surface area contributed by atoms with Gasteiger partial charge in [-0.2, -0.15) is 0 Å². The van der Waals surface area contributed by atoms with E-state index in [2.05, 4.69) is 4.90 Å². The van der Waals surface area contributed by atoms with Crippen molar-refractivity contribution in [3.8, 4) is 0 Å². The molecule has 136 valence electrons. The number of carbonyl (C=O) groups is 2. The lowest BCUT2D eigenvalue weighted by molar-refractivity contribution is -0.145. The summed E-state index contributed by atoms with van der Waals surface area (Å²) >= 11 is 1.55. The zero-order valence-corrected chi connectivity index (χ0v) is 16.0. The molecule has 0 spiro atoms. The second-order valence-corrected chi connectivity index (χ2v) is 8.15. The average molecular weight is 362 g/mol. The SMILES string of the molecule is CSc1cc(C(=O)N2CC3CCCC(C2)N3C(=O)C(C)C)ccc1N. The van der Waals surface area contributed by atoms with E-state index in [0.717, 1.165) is 24.2 Å². The summed E-state index contributed by atoms with van der Waals surface area (Å²) in [5, 5.41) is 0. The van der Waals surface area contributed by atoms with Crippen LogP contribution in [-0.4, -0.2) is 53.0 Å². The number of likely N-dealkylation sites (tertiary alicyclic amines) is 1. The molecule has 3 rings (SSSR count). The van der Waals surface area contributed by atoms with Gasteiger partial charge in [0.15, 0.2) is 0 Å². The number of thioether (sulfide) groups is 1. The van der Waals surface area contributed by atoms with Crippen LogP contribution in [0.5, 0.6) is 0 Å². The molecule has 0 aliphatic carbocycles. The van der Waals surface area contributed by atoms with Crippen molar-refractivity contribution < 1.29 is 9.59 Å². The number of hydrogen-bond acceptors (Lipinski definition) is 4. The monoisotopic (exact) mass is 361 g/mol. The Labute approximate surface area is 153 Å². The third-order valence-corrected chi connectivity index (χ3v) is 6.03. The van der Waals surface area contributed by atoms with E-state index < -0.39 is 0 Å². The predicted octanol–water partition coefficient (Wildman–Crippen LogP) is 2.85. The first-order chi connectivity index (χ1) is 11.9. The first kappa shape index (κ1) is 18.1. The minimum absolute atomic E-state index is 0.00610. The largest absolute Gasteiger partial charge is 0.398 e. The van der Waals surface area contributed by atoms with Crippen LogP contribution >= 0.6 is 11.8 Å². The highest BCUT2D eigenvalue weighted by Gasteiger charge is 2.41. The Morgan fingerprint density at radius 3 is 2.40 bits per heavy atom. The van der Waals surface area contributed by atoms with Gasteiger partial charge in [0, 0.05) is 47.2 Å². The van der Waals surface area contributed by atoms with Crippen LogP contribution in [-0.2, 0) is 4.79 Å². The van der Waals surface area contributed by atoms with Gasteiger partial charge in [0.2, 0.25) is 5.91 Å².